The number of carbonyl (C=O) groups is 1. The Bertz CT molecular complexity index is 745. The van der Waals surface area contributed by atoms with Gasteiger partial charge in [-0.2, -0.15) is 0 Å². The van der Waals surface area contributed by atoms with Crippen molar-refractivity contribution in [1.29, 1.82) is 0 Å². The lowest BCUT2D eigenvalue weighted by Crippen LogP contribution is -2.39. The van der Waals surface area contributed by atoms with E-state index >= 15 is 0 Å². The van der Waals surface area contributed by atoms with Gasteiger partial charge in [0.05, 0.1) is 11.5 Å². The van der Waals surface area contributed by atoms with Crippen molar-refractivity contribution < 1.29 is 22.7 Å². The summed E-state index contributed by atoms with van der Waals surface area (Å²) < 4.78 is 37.4. The fraction of sp³-hybridized carbons (Fsp3) is 0.588. The van der Waals surface area contributed by atoms with Crippen molar-refractivity contribution >= 4 is 16.0 Å². The van der Waals surface area contributed by atoms with E-state index in [4.69, 9.17) is 15.2 Å². The highest BCUT2D eigenvalue weighted by atomic mass is 32.2. The zero-order valence-corrected chi connectivity index (χ0v) is 15.9. The van der Waals surface area contributed by atoms with Crippen LogP contribution in [0.2, 0.25) is 0 Å². The molecule has 1 atom stereocenters. The van der Waals surface area contributed by atoms with Crippen LogP contribution in [0.3, 0.4) is 0 Å². The molecule has 2 N–H and O–H groups in total. The lowest BCUT2D eigenvalue weighted by molar-refractivity contribution is -0.150. The van der Waals surface area contributed by atoms with Gasteiger partial charge in [0.1, 0.15) is 5.75 Å². The Kier molecular flexibility index (Phi) is 5.75. The zero-order chi connectivity index (χ0) is 18.8. The number of hydrogen-bond acceptors (Lipinski definition) is 6. The van der Waals surface area contributed by atoms with Crippen molar-refractivity contribution in [2.24, 2.45) is 11.1 Å². The monoisotopic (exact) mass is 370 g/mol. The molecule has 0 aliphatic carbocycles. The molecule has 1 aromatic carbocycles. The van der Waals surface area contributed by atoms with E-state index in [9.17, 15) is 13.2 Å². The molecule has 0 spiro atoms. The molecule has 1 unspecified atom stereocenters. The minimum absolute atomic E-state index is 0.176. The Labute approximate surface area is 149 Å². The summed E-state index contributed by atoms with van der Waals surface area (Å²) in [5, 5.41) is 0. The van der Waals surface area contributed by atoms with E-state index in [2.05, 4.69) is 0 Å². The summed E-state index contributed by atoms with van der Waals surface area (Å²) in [6, 6.07) is 4.65. The third-order valence-corrected chi connectivity index (χ3v) is 5.97. The predicted molar refractivity (Wildman–Crippen MR) is 93.8 cm³/mol. The lowest BCUT2D eigenvalue weighted by atomic mass is 9.94. The quantitative estimate of drug-likeness (QED) is 0.723. The van der Waals surface area contributed by atoms with Crippen molar-refractivity contribution in [3.63, 3.8) is 0 Å². The number of rotatable bonds is 7. The number of hydrogen-bond donors (Lipinski definition) is 1. The van der Waals surface area contributed by atoms with E-state index in [1.807, 2.05) is 13.8 Å². The molecule has 8 heteroatoms. The fourth-order valence-corrected chi connectivity index (χ4v) is 4.09. The number of ether oxygens (including phenoxy) is 2. The van der Waals surface area contributed by atoms with E-state index in [1.165, 1.54) is 17.4 Å². The van der Waals surface area contributed by atoms with Crippen molar-refractivity contribution in [2.75, 3.05) is 26.7 Å². The molecule has 1 heterocycles. The van der Waals surface area contributed by atoms with Gasteiger partial charge in [0.15, 0.2) is 6.10 Å². The first-order valence-electron chi connectivity index (χ1n) is 8.23. The Balaban J connectivity index is 2.20. The summed E-state index contributed by atoms with van der Waals surface area (Å²) in [7, 11) is -2.11. The second-order valence-electron chi connectivity index (χ2n) is 6.96. The first-order valence-corrected chi connectivity index (χ1v) is 9.67. The number of esters is 1. The molecule has 1 aliphatic heterocycles. The normalized spacial score (nSPS) is 17.3. The minimum atomic E-state index is -3.65. The Morgan fingerprint density at radius 2 is 2.12 bits per heavy atom. The van der Waals surface area contributed by atoms with Gasteiger partial charge in [-0.3, -0.25) is 0 Å². The Hall–Kier alpha value is -1.64. The van der Waals surface area contributed by atoms with Crippen LogP contribution < -0.4 is 10.5 Å². The van der Waals surface area contributed by atoms with Gasteiger partial charge in [-0.05, 0) is 42.6 Å². The summed E-state index contributed by atoms with van der Waals surface area (Å²) >= 11 is 0. The standard InChI is InChI=1S/C17H26N2O5S/c1-5-23-16(20)15-9-12-8-13(6-7-14(12)24-15)25(21,22)19(4)11-17(2,3)10-18/h6-8,15H,5,9-11,18H2,1-4H3. The van der Waals surface area contributed by atoms with Crippen molar-refractivity contribution in [1.82, 2.24) is 4.31 Å². The highest BCUT2D eigenvalue weighted by molar-refractivity contribution is 7.89. The number of sulfonamides is 1. The molecular weight excluding hydrogens is 344 g/mol. The number of nitrogens with two attached hydrogens (primary N) is 1. The molecule has 7 nitrogen and oxygen atoms in total. The number of benzene rings is 1. The molecule has 0 aromatic heterocycles. The molecule has 1 aromatic rings. The molecule has 0 amide bonds. The van der Waals surface area contributed by atoms with Gasteiger partial charge in [0.2, 0.25) is 10.0 Å². The van der Waals surface area contributed by atoms with Crippen LogP contribution in [0, 0.1) is 5.41 Å². The van der Waals surface area contributed by atoms with Crippen LogP contribution in [0.1, 0.15) is 26.3 Å². The van der Waals surface area contributed by atoms with Gasteiger partial charge in [-0.25, -0.2) is 17.5 Å². The summed E-state index contributed by atoms with van der Waals surface area (Å²) in [5.74, 6) is 0.0758. The first kappa shape index (κ1) is 19.7. The molecule has 0 bridgehead atoms. The lowest BCUT2D eigenvalue weighted by Gasteiger charge is -2.28. The van der Waals surface area contributed by atoms with Gasteiger partial charge < -0.3 is 15.2 Å². The van der Waals surface area contributed by atoms with E-state index in [0.29, 0.717) is 30.8 Å². The van der Waals surface area contributed by atoms with Gasteiger partial charge in [0, 0.05) is 20.0 Å². The van der Waals surface area contributed by atoms with Crippen LogP contribution in [-0.4, -0.2) is 51.5 Å². The van der Waals surface area contributed by atoms with E-state index in [1.54, 1.807) is 19.1 Å². The third-order valence-electron chi connectivity index (χ3n) is 4.17. The van der Waals surface area contributed by atoms with E-state index in [-0.39, 0.29) is 16.9 Å². The number of fused-ring (bicyclic) bond motifs is 1. The summed E-state index contributed by atoms with van der Waals surface area (Å²) in [6.45, 7) is 6.52. The van der Waals surface area contributed by atoms with Gasteiger partial charge in [-0.15, -0.1) is 0 Å². The van der Waals surface area contributed by atoms with Gasteiger partial charge >= 0.3 is 5.97 Å². The highest BCUT2D eigenvalue weighted by Gasteiger charge is 2.33. The average molecular weight is 370 g/mol. The molecule has 2 rings (SSSR count). The largest absolute Gasteiger partial charge is 0.478 e. The summed E-state index contributed by atoms with van der Waals surface area (Å²) in [6.07, 6.45) is -0.419. The first-order chi connectivity index (χ1) is 11.6. The van der Waals surface area contributed by atoms with Crippen LogP contribution in [0.15, 0.2) is 23.1 Å². The topological polar surface area (TPSA) is 98.9 Å². The van der Waals surface area contributed by atoms with Crippen molar-refractivity contribution in [2.45, 2.75) is 38.2 Å². The van der Waals surface area contributed by atoms with Gasteiger partial charge in [0.25, 0.3) is 0 Å². The van der Waals surface area contributed by atoms with E-state index < -0.39 is 22.1 Å². The minimum Gasteiger partial charge on any atom is -0.478 e. The Morgan fingerprint density at radius 1 is 1.44 bits per heavy atom. The molecule has 0 saturated carbocycles. The molecule has 0 radical (unpaired) electrons. The third kappa shape index (κ3) is 4.31. The van der Waals surface area contributed by atoms with Crippen LogP contribution in [-0.2, 0) is 26.0 Å². The predicted octanol–water partition coefficient (Wildman–Crippen LogP) is 1.16. The maximum atomic E-state index is 12.8. The van der Waals surface area contributed by atoms with Crippen LogP contribution in [0.25, 0.3) is 0 Å². The van der Waals surface area contributed by atoms with Gasteiger partial charge in [-0.1, -0.05) is 13.8 Å². The van der Waals surface area contributed by atoms with Crippen molar-refractivity contribution in [3.05, 3.63) is 23.8 Å². The summed E-state index contributed by atoms with van der Waals surface area (Å²) in [4.78, 5) is 12.0. The molecular formula is C17H26N2O5S. The average Bonchev–Trinajstić information content (AvgIpc) is 2.97. The zero-order valence-electron chi connectivity index (χ0n) is 15.1. The summed E-state index contributed by atoms with van der Waals surface area (Å²) in [5.41, 5.74) is 6.06. The second kappa shape index (κ2) is 7.31. The van der Waals surface area contributed by atoms with Crippen molar-refractivity contribution in [3.8, 4) is 5.75 Å². The molecule has 1 aliphatic rings. The maximum Gasteiger partial charge on any atom is 0.347 e. The smallest absolute Gasteiger partial charge is 0.347 e. The highest BCUT2D eigenvalue weighted by Crippen LogP contribution is 2.32. The molecule has 140 valence electrons. The molecule has 25 heavy (non-hydrogen) atoms. The second-order valence-corrected chi connectivity index (χ2v) is 9.01. The molecule has 0 fully saturated rings. The van der Waals surface area contributed by atoms with Crippen LogP contribution in [0.4, 0.5) is 0 Å². The van der Waals surface area contributed by atoms with Crippen LogP contribution in [0.5, 0.6) is 5.75 Å². The number of carbonyl (C=O) groups excluding carboxylic acids is 1. The fourth-order valence-electron chi connectivity index (χ4n) is 2.68. The number of nitrogens with zero attached hydrogens (tertiary/aromatic N) is 1. The van der Waals surface area contributed by atoms with Crippen LogP contribution >= 0.6 is 0 Å². The Morgan fingerprint density at radius 3 is 2.72 bits per heavy atom. The maximum absolute atomic E-state index is 12.8. The molecule has 0 saturated heterocycles. The SMILES string of the molecule is CCOC(=O)C1Cc2cc(S(=O)(=O)N(C)CC(C)(C)CN)ccc2O1. The van der Waals surface area contributed by atoms with E-state index in [0.717, 1.165) is 0 Å².